The molecule has 2 heterocycles. The Bertz CT molecular complexity index is 1070. The number of thioether (sulfide) groups is 1. The van der Waals surface area contributed by atoms with E-state index in [-0.39, 0.29) is 33.2 Å². The fourth-order valence-electron chi connectivity index (χ4n) is 4.61. The van der Waals surface area contributed by atoms with Crippen LogP contribution in [-0.4, -0.2) is 35.6 Å². The number of carbonyl (C=O) groups excluding carboxylic acids is 1. The van der Waals surface area contributed by atoms with Gasteiger partial charge in [0, 0.05) is 35.5 Å². The summed E-state index contributed by atoms with van der Waals surface area (Å²) in [5.74, 6) is 2.00. The molecule has 178 valence electrons. The first kappa shape index (κ1) is 24.9. The largest absolute Gasteiger partial charge is 0.423 e. The van der Waals surface area contributed by atoms with Crippen molar-refractivity contribution in [1.29, 1.82) is 0 Å². The lowest BCUT2D eigenvalue weighted by Crippen LogP contribution is -2.42. The van der Waals surface area contributed by atoms with Crippen molar-refractivity contribution in [3.05, 3.63) is 68.7 Å². The third kappa shape index (κ3) is 4.67. The lowest BCUT2D eigenvalue weighted by atomic mass is 9.83. The van der Waals surface area contributed by atoms with Crippen LogP contribution in [0.5, 0.6) is 0 Å². The van der Waals surface area contributed by atoms with Crippen molar-refractivity contribution < 1.29 is 22.8 Å². The molecule has 0 bridgehead atoms. The molecule has 0 amide bonds. The van der Waals surface area contributed by atoms with E-state index in [1.54, 1.807) is 18.2 Å². The lowest BCUT2D eigenvalue weighted by Gasteiger charge is -2.37. The lowest BCUT2D eigenvalue weighted by molar-refractivity contribution is -0.322. The summed E-state index contributed by atoms with van der Waals surface area (Å²) in [4.78, 5) is 18.3. The highest BCUT2D eigenvalue weighted by Crippen LogP contribution is 2.55. The Labute approximate surface area is 205 Å². The van der Waals surface area contributed by atoms with E-state index in [1.165, 1.54) is 30.3 Å². The van der Waals surface area contributed by atoms with Crippen LogP contribution in [0.1, 0.15) is 52.9 Å². The number of hydroxylamine groups is 2. The third-order valence-corrected chi connectivity index (χ3v) is 8.67. The van der Waals surface area contributed by atoms with Gasteiger partial charge in [0.05, 0.1) is 6.04 Å². The second-order valence-corrected chi connectivity index (χ2v) is 11.2. The number of Topliss-reactive ketones (excluding diaryl/α,β-unsaturated/α-hetero) is 1. The molecule has 0 aromatic heterocycles. The van der Waals surface area contributed by atoms with Crippen LogP contribution >= 0.6 is 35.0 Å². The molecule has 0 radical (unpaired) electrons. The van der Waals surface area contributed by atoms with Crippen molar-refractivity contribution in [2.24, 2.45) is 5.41 Å². The maximum atomic E-state index is 14.4. The van der Waals surface area contributed by atoms with Gasteiger partial charge in [0.15, 0.2) is 5.78 Å². The predicted octanol–water partition coefficient (Wildman–Crippen LogP) is 7.39. The van der Waals surface area contributed by atoms with Gasteiger partial charge >= 0.3 is 6.18 Å². The van der Waals surface area contributed by atoms with Crippen LogP contribution in [0.4, 0.5) is 13.2 Å². The topological polar surface area (TPSA) is 29.5 Å². The number of ketones is 1. The first-order chi connectivity index (χ1) is 15.3. The van der Waals surface area contributed by atoms with Crippen LogP contribution in [-0.2, 0) is 10.4 Å². The van der Waals surface area contributed by atoms with Gasteiger partial charge in [-0.1, -0.05) is 48.3 Å². The minimum atomic E-state index is -4.70. The van der Waals surface area contributed by atoms with Crippen molar-refractivity contribution in [2.45, 2.75) is 44.5 Å². The molecule has 2 aromatic rings. The van der Waals surface area contributed by atoms with Crippen molar-refractivity contribution >= 4 is 40.7 Å². The Morgan fingerprint density at radius 3 is 2.33 bits per heavy atom. The summed E-state index contributed by atoms with van der Waals surface area (Å²) in [6, 6.07) is 8.42. The van der Waals surface area contributed by atoms with E-state index >= 15 is 0 Å². The second kappa shape index (κ2) is 8.76. The van der Waals surface area contributed by atoms with Crippen molar-refractivity contribution in [3.8, 4) is 0 Å². The molecular weight excluding hydrogens is 494 g/mol. The van der Waals surface area contributed by atoms with Gasteiger partial charge in [0.2, 0.25) is 5.60 Å². The molecule has 2 aliphatic heterocycles. The summed E-state index contributed by atoms with van der Waals surface area (Å²) < 4.78 is 43.2. The number of benzene rings is 2. The Kier molecular flexibility index (Phi) is 6.60. The molecule has 2 atom stereocenters. The van der Waals surface area contributed by atoms with Crippen LogP contribution in [0.3, 0.4) is 0 Å². The number of carbonyl (C=O) groups is 1. The minimum absolute atomic E-state index is 0.0247. The van der Waals surface area contributed by atoms with E-state index in [9.17, 15) is 18.0 Å². The highest BCUT2D eigenvalue weighted by Gasteiger charge is 2.63. The van der Waals surface area contributed by atoms with Gasteiger partial charge in [-0.05, 0) is 58.7 Å². The average Bonchev–Trinajstić information content (AvgIpc) is 3.04. The van der Waals surface area contributed by atoms with Gasteiger partial charge in [0.25, 0.3) is 0 Å². The maximum Gasteiger partial charge on any atom is 0.423 e. The van der Waals surface area contributed by atoms with Crippen LogP contribution in [0.15, 0.2) is 36.4 Å². The van der Waals surface area contributed by atoms with E-state index in [4.69, 9.17) is 28.0 Å². The van der Waals surface area contributed by atoms with E-state index in [0.29, 0.717) is 17.5 Å². The molecule has 3 nitrogen and oxygen atoms in total. The molecule has 2 aromatic carbocycles. The molecule has 4 rings (SSSR count). The molecule has 2 unspecified atom stereocenters. The fraction of sp³-hybridized carbons (Fsp3) is 0.458. The minimum Gasteiger partial charge on any atom is -0.294 e. The molecule has 2 fully saturated rings. The highest BCUT2D eigenvalue weighted by atomic mass is 35.5. The zero-order valence-corrected chi connectivity index (χ0v) is 20.8. The Balaban J connectivity index is 1.64. The summed E-state index contributed by atoms with van der Waals surface area (Å²) in [5, 5.41) is 1.44. The number of nitrogens with zero attached hydrogens (tertiary/aromatic N) is 1. The molecule has 0 saturated carbocycles. The summed E-state index contributed by atoms with van der Waals surface area (Å²) >= 11 is 13.8. The fourth-order valence-corrected chi connectivity index (χ4v) is 6.24. The molecule has 2 aliphatic rings. The van der Waals surface area contributed by atoms with Gasteiger partial charge < -0.3 is 0 Å². The molecule has 9 heteroatoms. The first-order valence-electron chi connectivity index (χ1n) is 10.5. The third-order valence-electron chi connectivity index (χ3n) is 6.43. The molecule has 0 spiro atoms. The van der Waals surface area contributed by atoms with E-state index < -0.39 is 17.8 Å². The first-order valence-corrected chi connectivity index (χ1v) is 12.4. The smallest absolute Gasteiger partial charge is 0.294 e. The van der Waals surface area contributed by atoms with Gasteiger partial charge in [-0.25, -0.2) is 0 Å². The molecule has 33 heavy (non-hydrogen) atoms. The van der Waals surface area contributed by atoms with Gasteiger partial charge in [-0.15, -0.1) is 0 Å². The number of hydrogen-bond acceptors (Lipinski definition) is 4. The number of alkyl halides is 3. The van der Waals surface area contributed by atoms with Crippen molar-refractivity contribution in [2.75, 3.05) is 18.6 Å². The van der Waals surface area contributed by atoms with E-state index in [2.05, 4.69) is 6.92 Å². The maximum absolute atomic E-state index is 14.4. The van der Waals surface area contributed by atoms with Crippen molar-refractivity contribution in [1.82, 2.24) is 5.06 Å². The second-order valence-electron chi connectivity index (χ2n) is 9.32. The normalized spacial score (nSPS) is 25.2. The average molecular weight is 518 g/mol. The Morgan fingerprint density at radius 2 is 1.82 bits per heavy atom. The summed E-state index contributed by atoms with van der Waals surface area (Å²) in [5.41, 5.74) is -0.691. The van der Waals surface area contributed by atoms with Crippen LogP contribution in [0, 0.1) is 12.3 Å². The molecule has 0 N–H and O–H groups in total. The molecule has 2 saturated heterocycles. The number of halogens is 5. The summed E-state index contributed by atoms with van der Waals surface area (Å²) in [7, 11) is 1.48. The van der Waals surface area contributed by atoms with Crippen molar-refractivity contribution in [3.63, 3.8) is 0 Å². The number of rotatable bonds is 5. The van der Waals surface area contributed by atoms with Gasteiger partial charge in [0.1, 0.15) is 0 Å². The van der Waals surface area contributed by atoms with Crippen LogP contribution < -0.4 is 0 Å². The quantitative estimate of drug-likeness (QED) is 0.386. The summed E-state index contributed by atoms with van der Waals surface area (Å²) in [6.07, 6.45) is -4.60. The monoisotopic (exact) mass is 517 g/mol. The predicted molar refractivity (Wildman–Crippen MR) is 126 cm³/mol. The van der Waals surface area contributed by atoms with Crippen LogP contribution in [0.25, 0.3) is 0 Å². The SMILES string of the molecule is Cc1cc(C2CC(c3cc(Cl)cc(Cl)c3)(C(F)(F)F)ON2C)ccc1C(=O)CC1(C)CSC1. The summed E-state index contributed by atoms with van der Waals surface area (Å²) in [6.45, 7) is 3.92. The number of hydrogen-bond donors (Lipinski definition) is 0. The standard InChI is InChI=1S/C24H24Cl2F3NO2S/c1-14-6-15(4-5-19(14)21(31)11-22(2)12-33-13-22)20-10-23(24(27,28)29,32-30(20)3)16-7-17(25)9-18(26)8-16/h4-9,20H,10-13H2,1-3H3. The molecule has 0 aliphatic carbocycles. The van der Waals surface area contributed by atoms with E-state index in [0.717, 1.165) is 17.1 Å². The zero-order chi connectivity index (χ0) is 24.2. The van der Waals surface area contributed by atoms with Gasteiger partial charge in [-0.2, -0.15) is 30.0 Å². The molecular formula is C24H24Cl2F3NO2S. The number of aryl methyl sites for hydroxylation is 1. The van der Waals surface area contributed by atoms with Crippen LogP contribution in [0.2, 0.25) is 10.0 Å². The van der Waals surface area contributed by atoms with Gasteiger partial charge in [-0.3, -0.25) is 9.63 Å². The Morgan fingerprint density at radius 1 is 1.18 bits per heavy atom. The Hall–Kier alpha value is -1.25. The zero-order valence-electron chi connectivity index (χ0n) is 18.4. The van der Waals surface area contributed by atoms with E-state index in [1.807, 2.05) is 18.7 Å². The highest BCUT2D eigenvalue weighted by molar-refractivity contribution is 8.00.